The van der Waals surface area contributed by atoms with Gasteiger partial charge in [0.15, 0.2) is 0 Å². The molecule has 0 saturated heterocycles. The molecule has 0 fully saturated rings. The molecule has 3 aromatic carbocycles. The van der Waals surface area contributed by atoms with Crippen molar-refractivity contribution in [3.63, 3.8) is 0 Å². The Morgan fingerprint density at radius 2 is 1.69 bits per heavy atom. The molecule has 0 unspecified atom stereocenters. The Bertz CT molecular complexity index is 1010. The molecule has 0 heterocycles. The Labute approximate surface area is 161 Å². The number of nitrogens with one attached hydrogen (secondary N) is 1. The van der Waals surface area contributed by atoms with Crippen molar-refractivity contribution < 1.29 is 4.79 Å². The van der Waals surface area contributed by atoms with E-state index >= 15 is 0 Å². The van der Waals surface area contributed by atoms with Crippen molar-refractivity contribution >= 4 is 35.0 Å². The van der Waals surface area contributed by atoms with Crippen molar-refractivity contribution in [2.24, 2.45) is 0 Å². The Balaban J connectivity index is 1.91. The van der Waals surface area contributed by atoms with E-state index in [9.17, 15) is 10.1 Å². The van der Waals surface area contributed by atoms with E-state index < -0.39 is 0 Å². The molecule has 0 aromatic heterocycles. The molecule has 0 aliphatic rings. The molecule has 1 N–H and O–H groups in total. The summed E-state index contributed by atoms with van der Waals surface area (Å²) in [5.74, 6) is -0.215. The van der Waals surface area contributed by atoms with Crippen LogP contribution in [-0.4, -0.2) is 5.91 Å². The number of amides is 1. The lowest BCUT2D eigenvalue weighted by Crippen LogP contribution is -2.13. The second kappa shape index (κ2) is 8.09. The van der Waals surface area contributed by atoms with Gasteiger partial charge < -0.3 is 5.32 Å². The number of rotatable bonds is 4. The molecule has 26 heavy (non-hydrogen) atoms. The third kappa shape index (κ3) is 3.91. The molecule has 1 amide bonds. The zero-order valence-corrected chi connectivity index (χ0v) is 15.6. The van der Waals surface area contributed by atoms with Gasteiger partial charge in [0.25, 0.3) is 5.91 Å². The summed E-state index contributed by atoms with van der Waals surface area (Å²) in [5, 5.41) is 12.8. The fourth-order valence-electron chi connectivity index (χ4n) is 2.44. The summed E-state index contributed by atoms with van der Waals surface area (Å²) in [6.07, 6.45) is 0. The van der Waals surface area contributed by atoms with Gasteiger partial charge >= 0.3 is 0 Å². The summed E-state index contributed by atoms with van der Waals surface area (Å²) < 4.78 is 0. The molecule has 5 heteroatoms. The van der Waals surface area contributed by atoms with Crippen molar-refractivity contribution in [1.82, 2.24) is 0 Å². The maximum Gasteiger partial charge on any atom is 0.256 e. The van der Waals surface area contributed by atoms with E-state index in [2.05, 4.69) is 11.4 Å². The Hall–Kier alpha value is -2.74. The zero-order valence-electron chi connectivity index (χ0n) is 14.0. The number of nitriles is 1. The van der Waals surface area contributed by atoms with Crippen LogP contribution in [0.3, 0.4) is 0 Å². The molecule has 3 aromatic rings. The van der Waals surface area contributed by atoms with Gasteiger partial charge in [-0.2, -0.15) is 5.26 Å². The lowest BCUT2D eigenvalue weighted by atomic mass is 10.1. The first-order valence-electron chi connectivity index (χ1n) is 7.92. The minimum atomic E-state index is -0.215. The van der Waals surface area contributed by atoms with Gasteiger partial charge in [0.2, 0.25) is 0 Å². The van der Waals surface area contributed by atoms with E-state index in [1.807, 2.05) is 49.4 Å². The zero-order chi connectivity index (χ0) is 18.5. The summed E-state index contributed by atoms with van der Waals surface area (Å²) in [6, 6.07) is 22.3. The summed E-state index contributed by atoms with van der Waals surface area (Å²) >= 11 is 7.53. The molecule has 0 bridgehead atoms. The fourth-order valence-corrected chi connectivity index (χ4v) is 3.64. The van der Waals surface area contributed by atoms with Crippen LogP contribution in [0.15, 0.2) is 76.5 Å². The maximum absolute atomic E-state index is 12.8. The number of hydrogen-bond acceptors (Lipinski definition) is 3. The minimum Gasteiger partial charge on any atom is -0.322 e. The van der Waals surface area contributed by atoms with Crippen molar-refractivity contribution in [1.29, 1.82) is 5.26 Å². The molecule has 128 valence electrons. The molecule has 0 spiro atoms. The first kappa shape index (κ1) is 18.1. The fraction of sp³-hybridized carbons (Fsp3) is 0.0476. The number of carbonyl (C=O) groups excluding carboxylic acids is 1. The molecule has 0 atom stereocenters. The third-order valence-electron chi connectivity index (χ3n) is 3.88. The number of nitrogens with zero attached hydrogens (tertiary/aromatic N) is 1. The van der Waals surface area contributed by atoms with Crippen molar-refractivity contribution in [3.8, 4) is 6.07 Å². The van der Waals surface area contributed by atoms with Crippen LogP contribution in [0.1, 0.15) is 21.5 Å². The first-order valence-corrected chi connectivity index (χ1v) is 9.12. The lowest BCUT2D eigenvalue weighted by molar-refractivity contribution is 0.102. The van der Waals surface area contributed by atoms with Gasteiger partial charge in [-0.25, -0.2) is 0 Å². The van der Waals surface area contributed by atoms with E-state index in [1.54, 1.807) is 24.3 Å². The van der Waals surface area contributed by atoms with Gasteiger partial charge in [-0.15, -0.1) is 0 Å². The Morgan fingerprint density at radius 3 is 2.46 bits per heavy atom. The predicted molar refractivity (Wildman–Crippen MR) is 106 cm³/mol. The first-order chi connectivity index (χ1) is 12.6. The van der Waals surface area contributed by atoms with E-state index in [4.69, 9.17) is 11.6 Å². The van der Waals surface area contributed by atoms with Crippen LogP contribution < -0.4 is 5.32 Å². The summed E-state index contributed by atoms with van der Waals surface area (Å²) in [6.45, 7) is 1.86. The van der Waals surface area contributed by atoms with Crippen LogP contribution in [-0.2, 0) is 0 Å². The molecule has 3 rings (SSSR count). The highest BCUT2D eigenvalue weighted by Crippen LogP contribution is 2.33. The van der Waals surface area contributed by atoms with E-state index in [-0.39, 0.29) is 5.91 Å². The highest BCUT2D eigenvalue weighted by atomic mass is 35.5. The molecule has 0 aliphatic carbocycles. The molecular formula is C21H15ClN2OS. The average molecular weight is 379 g/mol. The van der Waals surface area contributed by atoms with Crippen LogP contribution in [0.4, 0.5) is 5.69 Å². The number of anilines is 1. The number of hydrogen-bond donors (Lipinski definition) is 1. The van der Waals surface area contributed by atoms with Gasteiger partial charge in [0.1, 0.15) is 6.07 Å². The quantitative estimate of drug-likeness (QED) is 0.612. The molecule has 0 radical (unpaired) electrons. The highest BCUT2D eigenvalue weighted by molar-refractivity contribution is 7.99. The topological polar surface area (TPSA) is 52.9 Å². The van der Waals surface area contributed by atoms with Crippen LogP contribution in [0.25, 0.3) is 0 Å². The van der Waals surface area contributed by atoms with Gasteiger partial charge in [-0.05, 0) is 48.9 Å². The van der Waals surface area contributed by atoms with Crippen molar-refractivity contribution in [2.75, 3.05) is 5.32 Å². The molecular weight excluding hydrogens is 364 g/mol. The number of halogens is 1. The Morgan fingerprint density at radius 1 is 1.00 bits per heavy atom. The summed E-state index contributed by atoms with van der Waals surface area (Å²) in [4.78, 5) is 14.4. The second-order valence-corrected chi connectivity index (χ2v) is 7.06. The summed E-state index contributed by atoms with van der Waals surface area (Å²) in [5.41, 5.74) is 2.63. The van der Waals surface area contributed by atoms with Crippen molar-refractivity contribution in [3.05, 3.63) is 88.4 Å². The van der Waals surface area contributed by atoms with Crippen LogP contribution >= 0.6 is 23.4 Å². The highest BCUT2D eigenvalue weighted by Gasteiger charge is 2.15. The smallest absolute Gasteiger partial charge is 0.256 e. The Kier molecular flexibility index (Phi) is 5.62. The van der Waals surface area contributed by atoms with Gasteiger partial charge in [0.05, 0.1) is 11.1 Å². The molecule has 0 saturated carbocycles. The van der Waals surface area contributed by atoms with E-state index in [0.717, 1.165) is 15.4 Å². The van der Waals surface area contributed by atoms with Gasteiger partial charge in [0, 0.05) is 20.5 Å². The second-order valence-electron chi connectivity index (χ2n) is 5.57. The predicted octanol–water partition coefficient (Wildman–Crippen LogP) is 5.92. The van der Waals surface area contributed by atoms with Crippen LogP contribution in [0, 0.1) is 18.3 Å². The van der Waals surface area contributed by atoms with E-state index in [0.29, 0.717) is 21.8 Å². The third-order valence-corrected chi connectivity index (χ3v) is 5.44. The normalized spacial score (nSPS) is 10.2. The van der Waals surface area contributed by atoms with Gasteiger partial charge in [-0.1, -0.05) is 53.7 Å². The standard InChI is InChI=1S/C21H15ClN2OS/c1-14-17(22)9-6-10-18(14)24-21(25)16-8-3-5-12-20(16)26-19-11-4-2-7-15(19)13-23/h2-12H,1H3,(H,24,25). The number of carbonyl (C=O) groups is 1. The maximum atomic E-state index is 12.8. The molecule has 3 nitrogen and oxygen atoms in total. The van der Waals surface area contributed by atoms with Crippen molar-refractivity contribution in [2.45, 2.75) is 16.7 Å². The SMILES string of the molecule is Cc1c(Cl)cccc1NC(=O)c1ccccc1Sc1ccccc1C#N. The minimum absolute atomic E-state index is 0.215. The monoisotopic (exact) mass is 378 g/mol. The lowest BCUT2D eigenvalue weighted by Gasteiger charge is -2.12. The largest absolute Gasteiger partial charge is 0.322 e. The van der Waals surface area contributed by atoms with E-state index in [1.165, 1.54) is 11.8 Å². The number of benzene rings is 3. The average Bonchev–Trinajstić information content (AvgIpc) is 2.66. The van der Waals surface area contributed by atoms with Crippen LogP contribution in [0.2, 0.25) is 5.02 Å². The summed E-state index contributed by atoms with van der Waals surface area (Å²) in [7, 11) is 0. The van der Waals surface area contributed by atoms with Gasteiger partial charge in [-0.3, -0.25) is 4.79 Å². The molecule has 0 aliphatic heterocycles. The van der Waals surface area contributed by atoms with Crippen LogP contribution in [0.5, 0.6) is 0 Å².